The Hall–Kier alpha value is -1.13. The van der Waals surface area contributed by atoms with Crippen molar-refractivity contribution >= 4 is 17.3 Å². The smallest absolute Gasteiger partial charge is 0.287 e. The van der Waals surface area contributed by atoms with Gasteiger partial charge in [0.1, 0.15) is 5.02 Å². The first-order valence-corrected chi connectivity index (χ1v) is 5.61. The maximum Gasteiger partial charge on any atom is 0.287 e. The number of nitrogens with zero attached hydrogens (tertiary/aromatic N) is 2. The van der Waals surface area contributed by atoms with Gasteiger partial charge in [-0.25, -0.2) is 0 Å². The Balaban J connectivity index is 2.84. The molecule has 0 aromatic heterocycles. The van der Waals surface area contributed by atoms with E-state index in [1.807, 2.05) is 0 Å². The van der Waals surface area contributed by atoms with Crippen molar-refractivity contribution in [1.29, 1.82) is 0 Å². The van der Waals surface area contributed by atoms with Crippen molar-refractivity contribution in [2.75, 3.05) is 13.1 Å². The number of hydrogen-bond acceptors (Lipinski definition) is 3. The summed E-state index contributed by atoms with van der Waals surface area (Å²) in [6.45, 7) is 6.83. The normalized spacial score (nSPS) is 10.8. The van der Waals surface area contributed by atoms with Gasteiger partial charge >= 0.3 is 0 Å². The molecule has 1 aromatic rings. The Bertz CT molecular complexity index is 378. The zero-order valence-electron chi connectivity index (χ0n) is 9.44. The van der Waals surface area contributed by atoms with Gasteiger partial charge in [0.05, 0.1) is 4.92 Å². The highest BCUT2D eigenvalue weighted by molar-refractivity contribution is 6.32. The first-order valence-electron chi connectivity index (χ1n) is 5.23. The largest absolute Gasteiger partial charge is 0.300 e. The molecule has 0 spiro atoms. The summed E-state index contributed by atoms with van der Waals surface area (Å²) in [5, 5.41) is 10.8. The van der Waals surface area contributed by atoms with Crippen LogP contribution in [0.25, 0.3) is 0 Å². The molecule has 0 bridgehead atoms. The topological polar surface area (TPSA) is 46.4 Å². The van der Waals surface area contributed by atoms with Gasteiger partial charge < -0.3 is 0 Å². The van der Waals surface area contributed by atoms with E-state index < -0.39 is 4.92 Å². The van der Waals surface area contributed by atoms with Gasteiger partial charge in [-0.05, 0) is 24.7 Å². The third kappa shape index (κ3) is 3.18. The number of nitro groups is 1. The van der Waals surface area contributed by atoms with E-state index in [1.165, 1.54) is 6.07 Å². The average Bonchev–Trinajstić information content (AvgIpc) is 2.25. The van der Waals surface area contributed by atoms with Crippen molar-refractivity contribution in [3.63, 3.8) is 0 Å². The Morgan fingerprint density at radius 1 is 1.38 bits per heavy atom. The van der Waals surface area contributed by atoms with Crippen LogP contribution < -0.4 is 0 Å². The highest BCUT2D eigenvalue weighted by Crippen LogP contribution is 2.25. The number of halogens is 1. The van der Waals surface area contributed by atoms with E-state index >= 15 is 0 Å². The van der Waals surface area contributed by atoms with Crippen molar-refractivity contribution < 1.29 is 4.92 Å². The molecule has 0 saturated heterocycles. The second kappa shape index (κ2) is 5.82. The molecule has 0 saturated carbocycles. The predicted octanol–water partition coefficient (Wildman–Crippen LogP) is 3.09. The van der Waals surface area contributed by atoms with Crippen LogP contribution in [0.1, 0.15) is 19.4 Å². The lowest BCUT2D eigenvalue weighted by Crippen LogP contribution is -2.22. The third-order valence-corrected chi connectivity index (χ3v) is 2.81. The Kier molecular flexibility index (Phi) is 4.71. The van der Waals surface area contributed by atoms with Gasteiger partial charge in [0.15, 0.2) is 0 Å². The molecule has 0 amide bonds. The highest BCUT2D eigenvalue weighted by atomic mass is 35.5. The summed E-state index contributed by atoms with van der Waals surface area (Å²) in [6.07, 6.45) is 0. The molecule has 0 N–H and O–H groups in total. The molecule has 0 radical (unpaired) electrons. The zero-order valence-corrected chi connectivity index (χ0v) is 10.2. The molecular weight excluding hydrogens is 228 g/mol. The van der Waals surface area contributed by atoms with E-state index in [0.717, 1.165) is 25.2 Å². The fourth-order valence-electron chi connectivity index (χ4n) is 1.50. The monoisotopic (exact) mass is 242 g/mol. The van der Waals surface area contributed by atoms with E-state index in [-0.39, 0.29) is 10.7 Å². The van der Waals surface area contributed by atoms with Gasteiger partial charge in [0.2, 0.25) is 0 Å². The number of nitro benzene ring substituents is 1. The first kappa shape index (κ1) is 12.9. The average molecular weight is 243 g/mol. The van der Waals surface area contributed by atoms with Gasteiger partial charge in [0, 0.05) is 12.6 Å². The van der Waals surface area contributed by atoms with E-state index in [0.29, 0.717) is 0 Å². The maximum absolute atomic E-state index is 10.6. The Labute approximate surface area is 100.0 Å². The molecule has 0 unspecified atom stereocenters. The van der Waals surface area contributed by atoms with Crippen LogP contribution in [0.5, 0.6) is 0 Å². The summed E-state index contributed by atoms with van der Waals surface area (Å²) >= 11 is 5.83. The fourth-order valence-corrected chi connectivity index (χ4v) is 1.77. The maximum atomic E-state index is 10.6. The van der Waals surface area contributed by atoms with Crippen molar-refractivity contribution in [2.45, 2.75) is 20.4 Å². The molecule has 88 valence electrons. The van der Waals surface area contributed by atoms with E-state index in [9.17, 15) is 10.1 Å². The summed E-state index contributed by atoms with van der Waals surface area (Å²) in [5.41, 5.74) is 0.962. The molecule has 0 aliphatic heterocycles. The highest BCUT2D eigenvalue weighted by Gasteiger charge is 2.12. The van der Waals surface area contributed by atoms with Gasteiger partial charge in [-0.15, -0.1) is 0 Å². The molecule has 1 aromatic carbocycles. The molecule has 4 nitrogen and oxygen atoms in total. The SMILES string of the molecule is CCN(CC)Cc1ccc([N+](=O)[O-])c(Cl)c1. The number of hydrogen-bond donors (Lipinski definition) is 0. The van der Waals surface area contributed by atoms with Crippen LogP contribution in [-0.4, -0.2) is 22.9 Å². The molecule has 0 atom stereocenters. The van der Waals surface area contributed by atoms with Crippen LogP contribution in [0, 0.1) is 10.1 Å². The summed E-state index contributed by atoms with van der Waals surface area (Å²) < 4.78 is 0. The zero-order chi connectivity index (χ0) is 12.1. The molecule has 5 heteroatoms. The van der Waals surface area contributed by atoms with Crippen molar-refractivity contribution in [1.82, 2.24) is 4.90 Å². The van der Waals surface area contributed by atoms with E-state index in [2.05, 4.69) is 18.7 Å². The van der Waals surface area contributed by atoms with Gasteiger partial charge in [0.25, 0.3) is 5.69 Å². The van der Waals surface area contributed by atoms with Crippen LogP contribution in [-0.2, 0) is 6.54 Å². The minimum Gasteiger partial charge on any atom is -0.300 e. The van der Waals surface area contributed by atoms with E-state index in [1.54, 1.807) is 12.1 Å². The summed E-state index contributed by atoms with van der Waals surface area (Å²) in [6, 6.07) is 4.88. The van der Waals surface area contributed by atoms with Gasteiger partial charge in [-0.3, -0.25) is 15.0 Å². The van der Waals surface area contributed by atoms with Crippen LogP contribution in [0.4, 0.5) is 5.69 Å². The predicted molar refractivity (Wildman–Crippen MR) is 64.7 cm³/mol. The van der Waals surface area contributed by atoms with Gasteiger partial charge in [-0.2, -0.15) is 0 Å². The first-order chi connectivity index (χ1) is 7.58. The lowest BCUT2D eigenvalue weighted by atomic mass is 10.2. The van der Waals surface area contributed by atoms with Crippen LogP contribution >= 0.6 is 11.6 Å². The number of rotatable bonds is 5. The van der Waals surface area contributed by atoms with Crippen molar-refractivity contribution in [3.05, 3.63) is 38.9 Å². The lowest BCUT2D eigenvalue weighted by molar-refractivity contribution is -0.384. The Morgan fingerprint density at radius 2 is 2.00 bits per heavy atom. The van der Waals surface area contributed by atoms with E-state index in [4.69, 9.17) is 11.6 Å². The van der Waals surface area contributed by atoms with Crippen molar-refractivity contribution in [3.8, 4) is 0 Å². The van der Waals surface area contributed by atoms with Crippen LogP contribution in [0.15, 0.2) is 18.2 Å². The molecule has 0 fully saturated rings. The van der Waals surface area contributed by atoms with Crippen LogP contribution in [0.2, 0.25) is 5.02 Å². The minimum absolute atomic E-state index is 0.0371. The summed E-state index contributed by atoms with van der Waals surface area (Å²) in [5.74, 6) is 0. The second-order valence-corrected chi connectivity index (χ2v) is 3.91. The van der Waals surface area contributed by atoms with Crippen molar-refractivity contribution in [2.24, 2.45) is 0 Å². The lowest BCUT2D eigenvalue weighted by Gasteiger charge is -2.17. The third-order valence-electron chi connectivity index (χ3n) is 2.51. The second-order valence-electron chi connectivity index (χ2n) is 3.50. The van der Waals surface area contributed by atoms with Gasteiger partial charge in [-0.1, -0.05) is 31.5 Å². The number of benzene rings is 1. The fraction of sp³-hybridized carbons (Fsp3) is 0.455. The molecule has 0 aliphatic rings. The summed E-state index contributed by atoms with van der Waals surface area (Å²) in [4.78, 5) is 12.3. The molecular formula is C11H15ClN2O2. The Morgan fingerprint density at radius 3 is 2.44 bits per heavy atom. The minimum atomic E-state index is -0.469. The summed E-state index contributed by atoms with van der Waals surface area (Å²) in [7, 11) is 0. The standard InChI is InChI=1S/C11H15ClN2O2/c1-3-13(4-2)8-9-5-6-11(14(15)16)10(12)7-9/h5-7H,3-4,8H2,1-2H3. The molecule has 0 heterocycles. The molecule has 16 heavy (non-hydrogen) atoms. The molecule has 1 rings (SSSR count). The molecule has 0 aliphatic carbocycles. The van der Waals surface area contributed by atoms with Crippen LogP contribution in [0.3, 0.4) is 0 Å². The quantitative estimate of drug-likeness (QED) is 0.589.